The minimum Gasteiger partial charge on any atom is -0.454 e. The van der Waals surface area contributed by atoms with Crippen LogP contribution in [0.1, 0.15) is 29.9 Å². The van der Waals surface area contributed by atoms with Gasteiger partial charge < -0.3 is 4.74 Å². The predicted molar refractivity (Wildman–Crippen MR) is 113 cm³/mol. The van der Waals surface area contributed by atoms with E-state index < -0.39 is 11.6 Å². The molecule has 30 heavy (non-hydrogen) atoms. The minimum atomic E-state index is -0.565. The van der Waals surface area contributed by atoms with Gasteiger partial charge in [-0.2, -0.15) is 0 Å². The number of hydrogen-bond acceptors (Lipinski definition) is 1. The largest absolute Gasteiger partial charge is 0.454 e. The van der Waals surface area contributed by atoms with Gasteiger partial charge in [0.25, 0.3) is 0 Å². The first kappa shape index (κ1) is 20.5. The normalized spacial score (nSPS) is 15.1. The maximum Gasteiger partial charge on any atom is 0.165 e. The van der Waals surface area contributed by atoms with Crippen molar-refractivity contribution in [3.63, 3.8) is 0 Å². The Kier molecular flexibility index (Phi) is 6.14. The molecular weight excluding hydrogens is 409 g/mol. The fourth-order valence-electron chi connectivity index (χ4n) is 3.46. The summed E-state index contributed by atoms with van der Waals surface area (Å²) in [7, 11) is 0. The van der Waals surface area contributed by atoms with E-state index in [0.29, 0.717) is 22.3 Å². The number of halogens is 4. The van der Waals surface area contributed by atoms with Gasteiger partial charge in [-0.3, -0.25) is 0 Å². The highest BCUT2D eigenvalue weighted by Gasteiger charge is 2.31. The highest BCUT2D eigenvalue weighted by Crippen LogP contribution is 2.44. The van der Waals surface area contributed by atoms with E-state index in [0.717, 1.165) is 18.4 Å². The third kappa shape index (κ3) is 5.25. The van der Waals surface area contributed by atoms with Gasteiger partial charge >= 0.3 is 0 Å². The molecule has 0 amide bonds. The second kappa shape index (κ2) is 8.97. The fourth-order valence-corrected chi connectivity index (χ4v) is 3.59. The van der Waals surface area contributed by atoms with Gasteiger partial charge in [-0.05, 0) is 84.5 Å². The first-order valence-electron chi connectivity index (χ1n) is 9.81. The lowest BCUT2D eigenvalue weighted by Gasteiger charge is -2.13. The molecule has 0 radical (unpaired) electrons. The first-order valence-corrected chi connectivity index (χ1v) is 10.2. The lowest BCUT2D eigenvalue weighted by atomic mass is 9.93. The summed E-state index contributed by atoms with van der Waals surface area (Å²) < 4.78 is 47.5. The van der Waals surface area contributed by atoms with Crippen LogP contribution in [0, 0.1) is 17.6 Å². The number of benzene rings is 3. The highest BCUT2D eigenvalue weighted by atomic mass is 35.5. The van der Waals surface area contributed by atoms with E-state index in [-0.39, 0.29) is 23.9 Å². The van der Waals surface area contributed by atoms with E-state index in [9.17, 15) is 13.2 Å². The zero-order chi connectivity index (χ0) is 21.1. The fraction of sp³-hybridized carbons (Fsp3) is 0.200. The Bertz CT molecular complexity index is 1040. The average Bonchev–Trinajstić information content (AvgIpc) is 3.56. The van der Waals surface area contributed by atoms with Crippen LogP contribution in [-0.4, -0.2) is 0 Å². The maximum atomic E-state index is 14.9. The summed E-state index contributed by atoms with van der Waals surface area (Å²) in [5, 5.41) is 0.651. The van der Waals surface area contributed by atoms with E-state index in [1.807, 2.05) is 24.3 Å². The Morgan fingerprint density at radius 3 is 2.37 bits per heavy atom. The molecule has 154 valence electrons. The predicted octanol–water partition coefficient (Wildman–Crippen LogP) is 8.00. The summed E-state index contributed by atoms with van der Waals surface area (Å²) in [6.45, 7) is 0. The van der Waals surface area contributed by atoms with E-state index in [2.05, 4.69) is 0 Å². The van der Waals surface area contributed by atoms with Crippen LogP contribution in [0.15, 0.2) is 78.6 Å². The van der Waals surface area contributed by atoms with Gasteiger partial charge in [-0.25, -0.2) is 13.2 Å². The molecule has 5 heteroatoms. The summed E-state index contributed by atoms with van der Waals surface area (Å²) in [6.07, 6.45) is 3.84. The number of ether oxygens (including phenoxy) is 1. The molecule has 1 aliphatic rings. The Labute approximate surface area is 178 Å². The molecule has 0 aromatic heterocycles. The lowest BCUT2D eigenvalue weighted by Crippen LogP contribution is -2.00. The Hall–Kier alpha value is -2.72. The van der Waals surface area contributed by atoms with Crippen molar-refractivity contribution in [3.05, 3.63) is 106 Å². The molecule has 1 atom stereocenters. The van der Waals surface area contributed by atoms with Gasteiger partial charge in [-0.1, -0.05) is 29.8 Å². The van der Waals surface area contributed by atoms with Gasteiger partial charge in [-0.15, -0.1) is 0 Å². The summed E-state index contributed by atoms with van der Waals surface area (Å²) in [5.74, 6) is -0.538. The third-order valence-electron chi connectivity index (χ3n) is 5.16. The number of rotatable bonds is 7. The molecule has 1 nitrogen and oxygen atoms in total. The van der Waals surface area contributed by atoms with Crippen LogP contribution in [0.2, 0.25) is 5.02 Å². The van der Waals surface area contributed by atoms with Crippen molar-refractivity contribution in [2.45, 2.75) is 25.2 Å². The first-order chi connectivity index (χ1) is 14.5. The average molecular weight is 429 g/mol. The van der Waals surface area contributed by atoms with Crippen molar-refractivity contribution in [1.82, 2.24) is 0 Å². The van der Waals surface area contributed by atoms with Crippen molar-refractivity contribution in [2.75, 3.05) is 0 Å². The molecule has 3 aromatic rings. The van der Waals surface area contributed by atoms with Crippen molar-refractivity contribution < 1.29 is 17.9 Å². The molecular formula is C25H20ClF3O. The zero-order valence-corrected chi connectivity index (χ0v) is 16.9. The Balaban J connectivity index is 1.51. The Morgan fingerprint density at radius 2 is 1.70 bits per heavy atom. The zero-order valence-electron chi connectivity index (χ0n) is 16.1. The van der Waals surface area contributed by atoms with Gasteiger partial charge in [0.2, 0.25) is 0 Å². The molecule has 1 fully saturated rings. The molecule has 0 spiro atoms. The lowest BCUT2D eigenvalue weighted by molar-refractivity contribution is 0.440. The molecule has 1 saturated carbocycles. The quantitative estimate of drug-likeness (QED) is 0.370. The van der Waals surface area contributed by atoms with Crippen LogP contribution in [-0.2, 0) is 6.42 Å². The molecule has 4 rings (SSSR count). The molecule has 0 saturated heterocycles. The van der Waals surface area contributed by atoms with E-state index in [1.165, 1.54) is 42.5 Å². The molecule has 0 aliphatic heterocycles. The second-order valence-electron chi connectivity index (χ2n) is 7.53. The molecule has 1 unspecified atom stereocenters. The van der Waals surface area contributed by atoms with E-state index in [4.69, 9.17) is 16.3 Å². The van der Waals surface area contributed by atoms with Gasteiger partial charge in [0.05, 0.1) is 0 Å². The number of allylic oxidation sites excluding steroid dienone is 2. The summed E-state index contributed by atoms with van der Waals surface area (Å²) in [6, 6.07) is 17.0. The standard InChI is InChI=1S/C25H20ClF3O/c26-19-6-4-18(5-7-19)23(17-2-3-17)15-21(28)13-16-1-12-24(29)25(14-16)30-22-10-8-20(27)9-11-22/h1,4-12,14-15,17,23H,2-3,13H2. The van der Waals surface area contributed by atoms with Gasteiger partial charge in [0, 0.05) is 17.4 Å². The molecule has 3 aromatic carbocycles. The molecule has 0 bridgehead atoms. The molecule has 0 N–H and O–H groups in total. The van der Waals surface area contributed by atoms with Gasteiger partial charge in [0.15, 0.2) is 11.6 Å². The van der Waals surface area contributed by atoms with Crippen molar-refractivity contribution >= 4 is 11.6 Å². The van der Waals surface area contributed by atoms with Gasteiger partial charge in [0.1, 0.15) is 17.4 Å². The van der Waals surface area contributed by atoms with Crippen LogP contribution >= 0.6 is 11.6 Å². The second-order valence-corrected chi connectivity index (χ2v) is 7.96. The van der Waals surface area contributed by atoms with E-state index >= 15 is 0 Å². The van der Waals surface area contributed by atoms with Crippen LogP contribution in [0.3, 0.4) is 0 Å². The minimum absolute atomic E-state index is 0.00218. The number of hydrogen-bond donors (Lipinski definition) is 0. The third-order valence-corrected chi connectivity index (χ3v) is 5.41. The summed E-state index contributed by atoms with van der Waals surface area (Å²) in [4.78, 5) is 0. The van der Waals surface area contributed by atoms with Crippen molar-refractivity contribution in [2.24, 2.45) is 5.92 Å². The molecule has 0 heterocycles. The van der Waals surface area contributed by atoms with Crippen molar-refractivity contribution in [1.29, 1.82) is 0 Å². The van der Waals surface area contributed by atoms with Crippen LogP contribution < -0.4 is 4.74 Å². The smallest absolute Gasteiger partial charge is 0.165 e. The SMILES string of the molecule is FC(=CC(c1ccc(Cl)cc1)C1CC1)Cc1ccc(F)c(Oc2ccc(F)cc2)c1. The van der Waals surface area contributed by atoms with Crippen LogP contribution in [0.4, 0.5) is 13.2 Å². The van der Waals surface area contributed by atoms with Crippen LogP contribution in [0.5, 0.6) is 11.5 Å². The van der Waals surface area contributed by atoms with Crippen LogP contribution in [0.25, 0.3) is 0 Å². The summed E-state index contributed by atoms with van der Waals surface area (Å²) in [5.41, 5.74) is 1.63. The Morgan fingerprint density at radius 1 is 1.00 bits per heavy atom. The maximum absolute atomic E-state index is 14.9. The highest BCUT2D eigenvalue weighted by molar-refractivity contribution is 6.30. The van der Waals surface area contributed by atoms with E-state index in [1.54, 1.807) is 6.08 Å². The topological polar surface area (TPSA) is 9.23 Å². The monoisotopic (exact) mass is 428 g/mol. The molecule has 1 aliphatic carbocycles. The van der Waals surface area contributed by atoms with Crippen molar-refractivity contribution in [3.8, 4) is 11.5 Å². The summed E-state index contributed by atoms with van der Waals surface area (Å²) >= 11 is 5.97.